The zero-order chi connectivity index (χ0) is 25.8. The summed E-state index contributed by atoms with van der Waals surface area (Å²) in [4.78, 5) is 12.3. The lowest BCUT2D eigenvalue weighted by Gasteiger charge is -2.15. The Balaban J connectivity index is 0.000000195. The second-order valence-electron chi connectivity index (χ2n) is 10.2. The van der Waals surface area contributed by atoms with E-state index in [2.05, 4.69) is 11.4 Å². The van der Waals surface area contributed by atoms with E-state index in [9.17, 15) is 14.3 Å². The van der Waals surface area contributed by atoms with Crippen LogP contribution in [0.3, 0.4) is 0 Å². The predicted molar refractivity (Wildman–Crippen MR) is 146 cm³/mol. The van der Waals surface area contributed by atoms with Gasteiger partial charge in [0.25, 0.3) is 5.91 Å². The lowest BCUT2D eigenvalue weighted by Crippen LogP contribution is -2.03. The molecule has 6 rings (SSSR count). The topological polar surface area (TPSA) is 58.6 Å². The molecule has 5 heteroatoms. The largest absolute Gasteiger partial charge is 0.508 e. The molecule has 4 nitrogen and oxygen atoms in total. The normalized spacial score (nSPS) is 18.4. The molecule has 0 radical (unpaired) electrons. The van der Waals surface area contributed by atoms with Crippen LogP contribution in [0.15, 0.2) is 60.7 Å². The van der Waals surface area contributed by atoms with Crippen LogP contribution in [0.5, 0.6) is 11.5 Å². The zero-order valence-electron chi connectivity index (χ0n) is 21.3. The first-order chi connectivity index (χ1) is 18.0. The number of carbonyl (C=O) groups excluding carboxylic acids is 1. The van der Waals surface area contributed by atoms with Crippen LogP contribution >= 0.6 is 0 Å². The van der Waals surface area contributed by atoms with E-state index in [1.54, 1.807) is 19.2 Å². The van der Waals surface area contributed by atoms with Crippen LogP contribution in [0.25, 0.3) is 11.6 Å². The number of rotatable bonds is 4. The van der Waals surface area contributed by atoms with Crippen LogP contribution in [-0.4, -0.2) is 18.1 Å². The molecule has 3 aromatic rings. The fourth-order valence-electron chi connectivity index (χ4n) is 5.94. The molecule has 0 unspecified atom stereocenters. The average molecular weight is 500 g/mol. The summed E-state index contributed by atoms with van der Waals surface area (Å²) in [6.07, 6.45) is 11.8. The second kappa shape index (κ2) is 11.2. The number of anilines is 1. The molecule has 3 aliphatic rings. The lowest BCUT2D eigenvalue weighted by molar-refractivity contribution is -0.110. The molecule has 37 heavy (non-hydrogen) atoms. The number of methoxy groups -OCH3 is 1. The van der Waals surface area contributed by atoms with E-state index < -0.39 is 0 Å². The molecule has 0 saturated heterocycles. The maximum absolute atomic E-state index is 13.6. The average Bonchev–Trinajstić information content (AvgIpc) is 3.68. The Morgan fingerprint density at radius 1 is 0.892 bits per heavy atom. The lowest BCUT2D eigenvalue weighted by atomic mass is 9.94. The number of ether oxygens (including phenoxy) is 1. The number of para-hydroxylation sites is 1. The van der Waals surface area contributed by atoms with Gasteiger partial charge in [-0.25, -0.2) is 4.39 Å². The summed E-state index contributed by atoms with van der Waals surface area (Å²) in [6.45, 7) is 0. The smallest absolute Gasteiger partial charge is 0.256 e. The van der Waals surface area contributed by atoms with Crippen molar-refractivity contribution in [3.8, 4) is 11.5 Å². The third-order valence-corrected chi connectivity index (χ3v) is 7.86. The van der Waals surface area contributed by atoms with Gasteiger partial charge in [-0.15, -0.1) is 0 Å². The molecule has 2 N–H and O–H groups in total. The number of phenols is 1. The van der Waals surface area contributed by atoms with Crippen LogP contribution in [0, 0.1) is 5.82 Å². The van der Waals surface area contributed by atoms with Gasteiger partial charge < -0.3 is 15.2 Å². The van der Waals surface area contributed by atoms with Crippen LogP contribution < -0.4 is 10.1 Å². The van der Waals surface area contributed by atoms with Crippen molar-refractivity contribution in [1.29, 1.82) is 0 Å². The number of aromatic hydroxyl groups is 1. The predicted octanol–water partition coefficient (Wildman–Crippen LogP) is 8.03. The summed E-state index contributed by atoms with van der Waals surface area (Å²) in [5.74, 6) is 1.96. The Labute approximate surface area is 218 Å². The van der Waals surface area contributed by atoms with Gasteiger partial charge in [0.2, 0.25) is 0 Å². The van der Waals surface area contributed by atoms with E-state index in [4.69, 9.17) is 4.74 Å². The number of hydrogen-bond acceptors (Lipinski definition) is 3. The summed E-state index contributed by atoms with van der Waals surface area (Å²) < 4.78 is 19.1. The number of benzene rings is 3. The van der Waals surface area contributed by atoms with Crippen molar-refractivity contribution in [3.05, 3.63) is 88.7 Å². The number of halogens is 1. The van der Waals surface area contributed by atoms with E-state index in [-0.39, 0.29) is 11.7 Å². The molecular weight excluding hydrogens is 465 g/mol. The SMILES string of the molecule is COc1ccc(/C=C2/C(=O)Nc3ccc(F)cc32)cc1C1CCCC1.Oc1ccccc1C1CCCC1. The van der Waals surface area contributed by atoms with Gasteiger partial charge in [0.1, 0.15) is 17.3 Å². The molecule has 1 heterocycles. The monoisotopic (exact) mass is 499 g/mol. The molecule has 0 spiro atoms. The van der Waals surface area contributed by atoms with Crippen LogP contribution in [0.4, 0.5) is 10.1 Å². The molecule has 0 aromatic heterocycles. The molecule has 0 bridgehead atoms. The molecule has 1 amide bonds. The Morgan fingerprint density at radius 2 is 1.57 bits per heavy atom. The summed E-state index contributed by atoms with van der Waals surface area (Å²) in [5, 5.41) is 12.4. The van der Waals surface area contributed by atoms with Gasteiger partial charge in [0.15, 0.2) is 0 Å². The van der Waals surface area contributed by atoms with Gasteiger partial charge in [0, 0.05) is 16.8 Å². The van der Waals surface area contributed by atoms with Crippen molar-refractivity contribution in [1.82, 2.24) is 0 Å². The number of phenolic OH excluding ortho intramolecular Hbond substituents is 1. The summed E-state index contributed by atoms with van der Waals surface area (Å²) >= 11 is 0. The number of carbonyl (C=O) groups is 1. The number of fused-ring (bicyclic) bond motifs is 1. The standard InChI is InChI=1S/C21H20FNO2.C11H14O/c1-25-20-9-6-13(10-16(20)14-4-2-3-5-14)11-18-17-12-15(22)7-8-19(17)23-21(18)24;12-11-8-4-3-7-10(11)9-5-1-2-6-9/h6-12,14H,2-5H2,1H3,(H,23,24);3-4,7-9,12H,1-2,5-6H2/b18-11+;. The third-order valence-electron chi connectivity index (χ3n) is 7.86. The highest BCUT2D eigenvalue weighted by Gasteiger charge is 2.25. The third kappa shape index (κ3) is 5.56. The van der Waals surface area contributed by atoms with Crippen LogP contribution in [-0.2, 0) is 4.79 Å². The van der Waals surface area contributed by atoms with E-state index in [0.717, 1.165) is 16.9 Å². The van der Waals surface area contributed by atoms with E-state index in [1.807, 2.05) is 36.4 Å². The summed E-state index contributed by atoms with van der Waals surface area (Å²) in [7, 11) is 1.69. The Morgan fingerprint density at radius 3 is 2.24 bits per heavy atom. The zero-order valence-corrected chi connectivity index (χ0v) is 21.3. The van der Waals surface area contributed by atoms with Gasteiger partial charge in [-0.2, -0.15) is 0 Å². The maximum atomic E-state index is 13.6. The second-order valence-corrected chi connectivity index (χ2v) is 10.2. The van der Waals surface area contributed by atoms with Gasteiger partial charge in [0.05, 0.1) is 7.11 Å². The molecule has 2 aliphatic carbocycles. The molecule has 1 aliphatic heterocycles. The highest BCUT2D eigenvalue weighted by molar-refractivity contribution is 6.34. The van der Waals surface area contributed by atoms with Crippen molar-refractivity contribution in [2.24, 2.45) is 0 Å². The minimum Gasteiger partial charge on any atom is -0.508 e. The van der Waals surface area contributed by atoms with Crippen molar-refractivity contribution in [2.45, 2.75) is 63.2 Å². The fraction of sp³-hybridized carbons (Fsp3) is 0.344. The molecule has 2 fully saturated rings. The maximum Gasteiger partial charge on any atom is 0.256 e. The fourth-order valence-corrected chi connectivity index (χ4v) is 5.94. The number of nitrogens with one attached hydrogen (secondary N) is 1. The molecule has 192 valence electrons. The van der Waals surface area contributed by atoms with Crippen molar-refractivity contribution < 1.29 is 19.0 Å². The number of hydrogen-bond donors (Lipinski definition) is 2. The van der Waals surface area contributed by atoms with Crippen LogP contribution in [0.2, 0.25) is 0 Å². The minimum atomic E-state index is -0.345. The minimum absolute atomic E-state index is 0.196. The van der Waals surface area contributed by atoms with Crippen LogP contribution in [0.1, 0.15) is 85.5 Å². The van der Waals surface area contributed by atoms with Gasteiger partial charge in [-0.05, 0) is 96.7 Å². The van der Waals surface area contributed by atoms with Crippen molar-refractivity contribution in [2.75, 3.05) is 12.4 Å². The van der Waals surface area contributed by atoms with Gasteiger partial charge in [-0.1, -0.05) is 49.9 Å². The first-order valence-electron chi connectivity index (χ1n) is 13.3. The number of amides is 1. The van der Waals surface area contributed by atoms with E-state index in [1.165, 1.54) is 69.1 Å². The summed E-state index contributed by atoms with van der Waals surface area (Å²) in [6, 6.07) is 18.1. The van der Waals surface area contributed by atoms with Crippen molar-refractivity contribution >= 4 is 23.2 Å². The van der Waals surface area contributed by atoms with Gasteiger partial charge >= 0.3 is 0 Å². The Hall–Kier alpha value is -3.60. The highest BCUT2D eigenvalue weighted by Crippen LogP contribution is 2.40. The Bertz CT molecular complexity index is 1300. The molecule has 0 atom stereocenters. The first kappa shape index (κ1) is 25.1. The first-order valence-corrected chi connectivity index (χ1v) is 13.3. The molecule has 3 aromatic carbocycles. The molecule has 2 saturated carbocycles. The quantitative estimate of drug-likeness (QED) is 0.357. The van der Waals surface area contributed by atoms with Gasteiger partial charge in [-0.3, -0.25) is 4.79 Å². The highest BCUT2D eigenvalue weighted by atomic mass is 19.1. The summed E-state index contributed by atoms with van der Waals surface area (Å²) in [5.41, 5.74) is 5.05. The van der Waals surface area contributed by atoms with E-state index in [0.29, 0.717) is 34.4 Å². The Kier molecular flexibility index (Phi) is 7.59. The molecular formula is C32H34FNO3. The van der Waals surface area contributed by atoms with Crippen molar-refractivity contribution in [3.63, 3.8) is 0 Å². The van der Waals surface area contributed by atoms with E-state index >= 15 is 0 Å².